The summed E-state index contributed by atoms with van der Waals surface area (Å²) < 4.78 is 15.5. The lowest BCUT2D eigenvalue weighted by Crippen LogP contribution is -2.24. The molecule has 1 aromatic carbocycles. The summed E-state index contributed by atoms with van der Waals surface area (Å²) in [6.45, 7) is 0. The molecule has 2 aromatic rings. The molecular formula is C13H11ClFN3O. The number of aryl methyl sites for hydroxylation is 1. The van der Waals surface area contributed by atoms with E-state index in [-0.39, 0.29) is 24.1 Å². The van der Waals surface area contributed by atoms with Gasteiger partial charge in [-0.05, 0) is 23.8 Å². The Morgan fingerprint density at radius 2 is 2.26 bits per heavy atom. The van der Waals surface area contributed by atoms with Gasteiger partial charge in [-0.15, -0.1) is 0 Å². The molecule has 0 saturated heterocycles. The highest BCUT2D eigenvalue weighted by Gasteiger charge is 2.31. The fourth-order valence-electron chi connectivity index (χ4n) is 2.40. The number of carbonyl (C=O) groups is 1. The van der Waals surface area contributed by atoms with E-state index in [4.69, 9.17) is 11.6 Å². The predicted octanol–water partition coefficient (Wildman–Crippen LogP) is 2.69. The highest BCUT2D eigenvalue weighted by Crippen LogP contribution is 2.38. The Bertz CT molecular complexity index is 668. The molecule has 4 nitrogen and oxygen atoms in total. The molecule has 0 spiro atoms. The minimum absolute atomic E-state index is 0.152. The van der Waals surface area contributed by atoms with E-state index < -0.39 is 0 Å². The molecule has 6 heteroatoms. The Morgan fingerprint density at radius 3 is 3.05 bits per heavy atom. The molecule has 19 heavy (non-hydrogen) atoms. The van der Waals surface area contributed by atoms with Crippen LogP contribution in [0.1, 0.15) is 23.5 Å². The Kier molecular flexibility index (Phi) is 2.78. The first-order valence-corrected chi connectivity index (χ1v) is 6.20. The summed E-state index contributed by atoms with van der Waals surface area (Å²) in [6.07, 6.45) is 1.84. The number of nitrogens with zero attached hydrogens (tertiary/aromatic N) is 2. The Balaban J connectivity index is 2.15. The summed E-state index contributed by atoms with van der Waals surface area (Å²) in [5, 5.41) is 7.31. The van der Waals surface area contributed by atoms with E-state index in [0.717, 1.165) is 5.56 Å². The maximum absolute atomic E-state index is 14.0. The van der Waals surface area contributed by atoms with E-state index in [9.17, 15) is 9.18 Å². The molecule has 0 saturated carbocycles. The lowest BCUT2D eigenvalue weighted by Gasteiger charge is -2.23. The minimum atomic E-state index is -0.362. The molecule has 1 unspecified atom stereocenters. The van der Waals surface area contributed by atoms with Gasteiger partial charge in [0.25, 0.3) is 0 Å². The van der Waals surface area contributed by atoms with Crippen LogP contribution in [0, 0.1) is 5.82 Å². The lowest BCUT2D eigenvalue weighted by atomic mass is 9.87. The van der Waals surface area contributed by atoms with E-state index >= 15 is 0 Å². The van der Waals surface area contributed by atoms with E-state index in [2.05, 4.69) is 10.4 Å². The van der Waals surface area contributed by atoms with Crippen LogP contribution in [0.5, 0.6) is 0 Å². The van der Waals surface area contributed by atoms with Crippen LogP contribution in [0.4, 0.5) is 10.2 Å². The molecular weight excluding hydrogens is 269 g/mol. The molecule has 0 radical (unpaired) electrons. The van der Waals surface area contributed by atoms with Gasteiger partial charge in [-0.2, -0.15) is 5.10 Å². The topological polar surface area (TPSA) is 46.9 Å². The van der Waals surface area contributed by atoms with Crippen LogP contribution >= 0.6 is 11.6 Å². The number of rotatable bonds is 1. The van der Waals surface area contributed by atoms with Crippen molar-refractivity contribution in [2.75, 3.05) is 5.32 Å². The van der Waals surface area contributed by atoms with Crippen LogP contribution in [0.2, 0.25) is 5.02 Å². The van der Waals surface area contributed by atoms with Gasteiger partial charge in [-0.25, -0.2) is 4.39 Å². The zero-order chi connectivity index (χ0) is 13.6. The number of amides is 1. The van der Waals surface area contributed by atoms with Gasteiger partial charge >= 0.3 is 0 Å². The Labute approximate surface area is 114 Å². The molecule has 2 heterocycles. The number of anilines is 1. The Hall–Kier alpha value is -1.88. The first-order valence-electron chi connectivity index (χ1n) is 5.83. The second kappa shape index (κ2) is 4.35. The normalized spacial score (nSPS) is 18.1. The summed E-state index contributed by atoms with van der Waals surface area (Å²) in [4.78, 5) is 11.7. The molecule has 1 aliphatic heterocycles. The number of hydrogen-bond acceptors (Lipinski definition) is 2. The summed E-state index contributed by atoms with van der Waals surface area (Å²) in [5.41, 5.74) is 1.24. The van der Waals surface area contributed by atoms with Crippen molar-refractivity contribution in [2.24, 2.45) is 7.05 Å². The second-order valence-corrected chi connectivity index (χ2v) is 4.98. The number of carbonyl (C=O) groups excluding carboxylic acids is 1. The van der Waals surface area contributed by atoms with Crippen molar-refractivity contribution in [3.8, 4) is 0 Å². The van der Waals surface area contributed by atoms with E-state index in [1.165, 1.54) is 12.1 Å². The molecule has 1 aliphatic rings. The highest BCUT2D eigenvalue weighted by atomic mass is 35.5. The summed E-state index contributed by atoms with van der Waals surface area (Å²) in [7, 11) is 1.73. The van der Waals surface area contributed by atoms with E-state index in [1.54, 1.807) is 24.0 Å². The monoisotopic (exact) mass is 279 g/mol. The van der Waals surface area contributed by atoms with Crippen molar-refractivity contribution in [1.29, 1.82) is 0 Å². The van der Waals surface area contributed by atoms with Crippen molar-refractivity contribution >= 4 is 23.3 Å². The number of benzene rings is 1. The van der Waals surface area contributed by atoms with Crippen molar-refractivity contribution in [3.63, 3.8) is 0 Å². The number of nitrogens with one attached hydrogen (secondary N) is 1. The average Bonchev–Trinajstić information content (AvgIpc) is 2.73. The van der Waals surface area contributed by atoms with Gasteiger partial charge in [0.15, 0.2) is 0 Å². The van der Waals surface area contributed by atoms with Crippen LogP contribution in [0.3, 0.4) is 0 Å². The molecule has 3 rings (SSSR count). The van der Waals surface area contributed by atoms with Crippen molar-refractivity contribution in [2.45, 2.75) is 12.3 Å². The number of hydrogen-bond donors (Lipinski definition) is 1. The molecule has 98 valence electrons. The van der Waals surface area contributed by atoms with Crippen LogP contribution in [0.25, 0.3) is 0 Å². The fraction of sp³-hybridized carbons (Fsp3) is 0.231. The molecule has 0 fully saturated rings. The maximum atomic E-state index is 14.0. The minimum Gasteiger partial charge on any atom is -0.311 e. The quantitative estimate of drug-likeness (QED) is 0.872. The highest BCUT2D eigenvalue weighted by molar-refractivity contribution is 6.30. The number of aromatic nitrogens is 2. The van der Waals surface area contributed by atoms with E-state index in [1.807, 2.05) is 0 Å². The van der Waals surface area contributed by atoms with Crippen LogP contribution < -0.4 is 5.32 Å². The van der Waals surface area contributed by atoms with Gasteiger partial charge in [0.2, 0.25) is 5.91 Å². The third kappa shape index (κ3) is 2.00. The second-order valence-electron chi connectivity index (χ2n) is 4.54. The Morgan fingerprint density at radius 1 is 1.47 bits per heavy atom. The van der Waals surface area contributed by atoms with Gasteiger partial charge in [0.1, 0.15) is 11.6 Å². The van der Waals surface area contributed by atoms with Gasteiger partial charge in [0, 0.05) is 30.0 Å². The lowest BCUT2D eigenvalue weighted by molar-refractivity contribution is -0.116. The third-order valence-corrected chi connectivity index (χ3v) is 3.56. The van der Waals surface area contributed by atoms with E-state index in [0.29, 0.717) is 16.4 Å². The summed E-state index contributed by atoms with van der Waals surface area (Å²) in [5.74, 6) is -0.254. The number of halogens is 2. The van der Waals surface area contributed by atoms with Crippen LogP contribution in [0.15, 0.2) is 24.4 Å². The van der Waals surface area contributed by atoms with Gasteiger partial charge in [-0.3, -0.25) is 9.48 Å². The summed E-state index contributed by atoms with van der Waals surface area (Å²) in [6, 6.07) is 4.38. The third-order valence-electron chi connectivity index (χ3n) is 3.32. The zero-order valence-corrected chi connectivity index (χ0v) is 10.9. The standard InChI is InChI=1S/C13H11ClFN3O/c1-18-13-10(6-16-18)8(5-12(19)17-13)9-4-7(14)2-3-11(9)15/h2-4,6,8H,5H2,1H3,(H,17,19). The first-order chi connectivity index (χ1) is 9.06. The van der Waals surface area contributed by atoms with Crippen LogP contribution in [-0.2, 0) is 11.8 Å². The van der Waals surface area contributed by atoms with Crippen LogP contribution in [-0.4, -0.2) is 15.7 Å². The molecule has 1 amide bonds. The molecule has 1 N–H and O–H groups in total. The van der Waals surface area contributed by atoms with Gasteiger partial charge in [-0.1, -0.05) is 11.6 Å². The van der Waals surface area contributed by atoms with Gasteiger partial charge in [0.05, 0.1) is 6.20 Å². The van der Waals surface area contributed by atoms with Crippen molar-refractivity contribution in [1.82, 2.24) is 9.78 Å². The first kappa shape index (κ1) is 12.2. The smallest absolute Gasteiger partial charge is 0.226 e. The molecule has 0 aliphatic carbocycles. The average molecular weight is 280 g/mol. The zero-order valence-electron chi connectivity index (χ0n) is 10.2. The largest absolute Gasteiger partial charge is 0.311 e. The SMILES string of the molecule is Cn1ncc2c1NC(=O)CC2c1cc(Cl)ccc1F. The predicted molar refractivity (Wildman–Crippen MR) is 69.7 cm³/mol. The number of fused-ring (bicyclic) bond motifs is 1. The molecule has 0 bridgehead atoms. The van der Waals surface area contributed by atoms with Gasteiger partial charge < -0.3 is 5.32 Å². The summed E-state index contributed by atoms with van der Waals surface area (Å²) >= 11 is 5.92. The molecule has 1 aromatic heterocycles. The van der Waals surface area contributed by atoms with Crippen molar-refractivity contribution in [3.05, 3.63) is 46.4 Å². The molecule has 1 atom stereocenters. The fourth-order valence-corrected chi connectivity index (χ4v) is 2.58. The maximum Gasteiger partial charge on any atom is 0.226 e. The van der Waals surface area contributed by atoms with Crippen molar-refractivity contribution < 1.29 is 9.18 Å².